The molecule has 0 atom stereocenters. The molecule has 2 aliphatic rings. The van der Waals surface area contributed by atoms with Gasteiger partial charge in [-0.05, 0) is 19.8 Å². The molecular weight excluding hydrogens is 256 g/mol. The van der Waals surface area contributed by atoms with Crippen molar-refractivity contribution in [2.75, 3.05) is 19.6 Å². The molecule has 2 heterocycles. The minimum atomic E-state index is 0.261. The van der Waals surface area contributed by atoms with E-state index in [0.717, 1.165) is 24.5 Å². The molecule has 6 nitrogen and oxygen atoms in total. The van der Waals surface area contributed by atoms with E-state index < -0.39 is 0 Å². The number of hydrogen-bond donors (Lipinski definition) is 0. The highest BCUT2D eigenvalue weighted by Crippen LogP contribution is 2.24. The van der Waals surface area contributed by atoms with Crippen LogP contribution >= 0.6 is 0 Å². The lowest BCUT2D eigenvalue weighted by Crippen LogP contribution is -2.54. The van der Waals surface area contributed by atoms with Crippen LogP contribution < -0.4 is 0 Å². The van der Waals surface area contributed by atoms with Crippen LogP contribution in [0.5, 0.6) is 0 Å². The summed E-state index contributed by atoms with van der Waals surface area (Å²) in [5.74, 6) is 0.261. The summed E-state index contributed by atoms with van der Waals surface area (Å²) >= 11 is 0. The molecule has 2 fully saturated rings. The zero-order chi connectivity index (χ0) is 13.9. The monoisotopic (exact) mass is 278 g/mol. The van der Waals surface area contributed by atoms with Gasteiger partial charge in [-0.15, -0.1) is 0 Å². The summed E-state index contributed by atoms with van der Waals surface area (Å²) in [5, 5.41) is 7.67. The number of aromatic nitrogens is 2. The minimum Gasteiger partial charge on any atom is -0.337 e. The van der Waals surface area contributed by atoms with Crippen molar-refractivity contribution in [3.8, 4) is 0 Å². The Morgan fingerprint density at radius 1 is 1.20 bits per heavy atom. The molecule has 1 aromatic heterocycles. The molecule has 0 N–H and O–H groups in total. The maximum absolute atomic E-state index is 12.3. The third kappa shape index (κ3) is 2.85. The molecule has 20 heavy (non-hydrogen) atoms. The van der Waals surface area contributed by atoms with Crippen molar-refractivity contribution in [2.45, 2.75) is 51.6 Å². The quantitative estimate of drug-likeness (QED) is 0.835. The van der Waals surface area contributed by atoms with Gasteiger partial charge in [-0.25, -0.2) is 4.63 Å². The minimum absolute atomic E-state index is 0.261. The van der Waals surface area contributed by atoms with E-state index in [9.17, 15) is 4.79 Å². The number of piperazine rings is 1. The molecule has 1 amide bonds. The molecule has 0 spiro atoms. The zero-order valence-corrected chi connectivity index (χ0v) is 12.0. The molecule has 1 saturated heterocycles. The lowest BCUT2D eigenvalue weighted by molar-refractivity contribution is -0.139. The molecule has 0 unspecified atom stereocenters. The molecule has 110 valence electrons. The standard InChI is InChI=1S/C14H22N4O2/c1-11-13(16-20-15-11)9-17-7-8-18(14(19)10-17)12-5-3-2-4-6-12/h12H,2-10H2,1H3. The number of hydrogen-bond acceptors (Lipinski definition) is 5. The Morgan fingerprint density at radius 2 is 2.00 bits per heavy atom. The van der Waals surface area contributed by atoms with Gasteiger partial charge in [0.2, 0.25) is 5.91 Å². The lowest BCUT2D eigenvalue weighted by atomic mass is 9.93. The van der Waals surface area contributed by atoms with Crippen LogP contribution in [0.15, 0.2) is 4.63 Å². The highest BCUT2D eigenvalue weighted by Gasteiger charge is 2.30. The van der Waals surface area contributed by atoms with Gasteiger partial charge in [-0.3, -0.25) is 9.69 Å². The Kier molecular flexibility index (Phi) is 4.00. The van der Waals surface area contributed by atoms with E-state index in [4.69, 9.17) is 4.63 Å². The zero-order valence-electron chi connectivity index (χ0n) is 12.0. The van der Waals surface area contributed by atoms with Crippen LogP contribution in [0.25, 0.3) is 0 Å². The van der Waals surface area contributed by atoms with Crippen LogP contribution in [0, 0.1) is 6.92 Å². The van der Waals surface area contributed by atoms with Crippen LogP contribution in [0.2, 0.25) is 0 Å². The van der Waals surface area contributed by atoms with E-state index in [1.165, 1.54) is 32.1 Å². The Balaban J connectivity index is 1.56. The second kappa shape index (κ2) is 5.91. The Labute approximate surface area is 119 Å². The number of amides is 1. The molecule has 1 aliphatic heterocycles. The first-order valence-corrected chi connectivity index (χ1v) is 7.54. The van der Waals surface area contributed by atoms with Crippen LogP contribution in [0.4, 0.5) is 0 Å². The van der Waals surface area contributed by atoms with Crippen molar-refractivity contribution in [3.05, 3.63) is 11.4 Å². The number of carbonyl (C=O) groups is 1. The molecule has 6 heteroatoms. The van der Waals surface area contributed by atoms with Gasteiger partial charge in [0, 0.05) is 25.7 Å². The van der Waals surface area contributed by atoms with Gasteiger partial charge < -0.3 is 4.90 Å². The molecule has 0 radical (unpaired) electrons. The summed E-state index contributed by atoms with van der Waals surface area (Å²) in [7, 11) is 0. The van der Waals surface area contributed by atoms with Crippen molar-refractivity contribution in [1.82, 2.24) is 20.1 Å². The van der Waals surface area contributed by atoms with Gasteiger partial charge in [-0.1, -0.05) is 29.6 Å². The summed E-state index contributed by atoms with van der Waals surface area (Å²) in [6.07, 6.45) is 6.21. The van der Waals surface area contributed by atoms with Crippen molar-refractivity contribution in [2.24, 2.45) is 0 Å². The number of nitrogens with zero attached hydrogens (tertiary/aromatic N) is 4. The van der Waals surface area contributed by atoms with E-state index in [1.54, 1.807) is 0 Å². The van der Waals surface area contributed by atoms with Crippen LogP contribution in [-0.2, 0) is 11.3 Å². The third-order valence-corrected chi connectivity index (χ3v) is 4.47. The fraction of sp³-hybridized carbons (Fsp3) is 0.786. The predicted octanol–water partition coefficient (Wildman–Crippen LogP) is 1.35. The van der Waals surface area contributed by atoms with Crippen LogP contribution in [0.3, 0.4) is 0 Å². The number of rotatable bonds is 3. The number of aryl methyl sites for hydroxylation is 1. The van der Waals surface area contributed by atoms with Gasteiger partial charge >= 0.3 is 0 Å². The number of carbonyl (C=O) groups excluding carboxylic acids is 1. The summed E-state index contributed by atoms with van der Waals surface area (Å²) in [6.45, 7) is 4.77. The van der Waals surface area contributed by atoms with Crippen LogP contribution in [0.1, 0.15) is 43.5 Å². The highest BCUT2D eigenvalue weighted by atomic mass is 16.6. The van der Waals surface area contributed by atoms with Gasteiger partial charge in [0.05, 0.1) is 6.54 Å². The SMILES string of the molecule is Cc1nonc1CN1CCN(C2CCCCC2)C(=O)C1. The first kappa shape index (κ1) is 13.5. The highest BCUT2D eigenvalue weighted by molar-refractivity contribution is 5.79. The summed E-state index contributed by atoms with van der Waals surface area (Å²) in [4.78, 5) is 16.6. The molecule has 3 rings (SSSR count). The van der Waals surface area contributed by atoms with Crippen molar-refractivity contribution < 1.29 is 9.42 Å². The Hall–Kier alpha value is -1.43. The Morgan fingerprint density at radius 3 is 2.65 bits per heavy atom. The Bertz CT molecular complexity index is 467. The van der Waals surface area contributed by atoms with Gasteiger partial charge in [-0.2, -0.15) is 0 Å². The predicted molar refractivity (Wildman–Crippen MR) is 72.9 cm³/mol. The van der Waals surface area contributed by atoms with E-state index in [0.29, 0.717) is 19.1 Å². The second-order valence-corrected chi connectivity index (χ2v) is 5.89. The van der Waals surface area contributed by atoms with E-state index in [-0.39, 0.29) is 5.91 Å². The lowest BCUT2D eigenvalue weighted by Gasteiger charge is -2.40. The second-order valence-electron chi connectivity index (χ2n) is 5.89. The molecule has 1 aromatic rings. The molecule has 1 saturated carbocycles. The van der Waals surface area contributed by atoms with Crippen molar-refractivity contribution in [3.63, 3.8) is 0 Å². The molecular formula is C14H22N4O2. The summed E-state index contributed by atoms with van der Waals surface area (Å²) in [6, 6.07) is 0.480. The van der Waals surface area contributed by atoms with Gasteiger partial charge in [0.15, 0.2) is 0 Å². The molecule has 0 bridgehead atoms. The fourth-order valence-corrected chi connectivity index (χ4v) is 3.25. The first-order chi connectivity index (χ1) is 9.74. The summed E-state index contributed by atoms with van der Waals surface area (Å²) in [5.41, 5.74) is 1.65. The van der Waals surface area contributed by atoms with Crippen molar-refractivity contribution in [1.29, 1.82) is 0 Å². The smallest absolute Gasteiger partial charge is 0.237 e. The van der Waals surface area contributed by atoms with E-state index >= 15 is 0 Å². The first-order valence-electron chi connectivity index (χ1n) is 7.54. The van der Waals surface area contributed by atoms with Crippen molar-refractivity contribution >= 4 is 5.91 Å². The summed E-state index contributed by atoms with van der Waals surface area (Å²) < 4.78 is 4.71. The van der Waals surface area contributed by atoms with E-state index in [2.05, 4.69) is 20.1 Å². The molecule has 1 aliphatic carbocycles. The maximum Gasteiger partial charge on any atom is 0.237 e. The van der Waals surface area contributed by atoms with Gasteiger partial charge in [0.1, 0.15) is 11.4 Å². The normalized spacial score (nSPS) is 22.4. The average Bonchev–Trinajstić information content (AvgIpc) is 2.85. The average molecular weight is 278 g/mol. The molecule has 0 aromatic carbocycles. The largest absolute Gasteiger partial charge is 0.337 e. The maximum atomic E-state index is 12.3. The third-order valence-electron chi connectivity index (χ3n) is 4.47. The topological polar surface area (TPSA) is 62.5 Å². The van der Waals surface area contributed by atoms with E-state index in [1.807, 2.05) is 6.92 Å². The fourth-order valence-electron chi connectivity index (χ4n) is 3.25. The van der Waals surface area contributed by atoms with Crippen LogP contribution in [-0.4, -0.2) is 51.7 Å². The van der Waals surface area contributed by atoms with Gasteiger partial charge in [0.25, 0.3) is 0 Å².